The molecule has 0 atom stereocenters. The fraction of sp³-hybridized carbons (Fsp3) is 0.400. The van der Waals surface area contributed by atoms with Crippen LogP contribution in [0.2, 0.25) is 0 Å². The topological polar surface area (TPSA) is 86.7 Å². The zero-order chi connectivity index (χ0) is 23.9. The van der Waals surface area contributed by atoms with Crippen molar-refractivity contribution in [3.63, 3.8) is 0 Å². The van der Waals surface area contributed by atoms with E-state index in [0.29, 0.717) is 47.9 Å². The molecule has 0 spiro atoms. The van der Waals surface area contributed by atoms with Crippen molar-refractivity contribution in [1.82, 2.24) is 14.3 Å². The Balaban J connectivity index is 1.56. The molecular weight excluding hydrogens is 450 g/mol. The number of piperidine rings is 1. The van der Waals surface area contributed by atoms with Gasteiger partial charge in [0.15, 0.2) is 11.6 Å². The fourth-order valence-electron chi connectivity index (χ4n) is 4.71. The highest BCUT2D eigenvalue weighted by molar-refractivity contribution is 7.89. The van der Waals surface area contributed by atoms with Gasteiger partial charge in [0, 0.05) is 38.8 Å². The molecule has 3 aromatic rings. The third kappa shape index (κ3) is 4.03. The number of carbonyl (C=O) groups excluding carboxylic acids is 1. The van der Waals surface area contributed by atoms with Gasteiger partial charge in [0.25, 0.3) is 5.91 Å². The maximum absolute atomic E-state index is 13.8. The molecule has 0 radical (unpaired) electrons. The van der Waals surface area contributed by atoms with Crippen LogP contribution in [0.4, 0.5) is 11.6 Å². The minimum absolute atomic E-state index is 0.206. The predicted molar refractivity (Wildman–Crippen MR) is 133 cm³/mol. The molecule has 2 aliphatic rings. The molecule has 0 saturated carbocycles. The molecule has 0 unspecified atom stereocenters. The molecule has 34 heavy (non-hydrogen) atoms. The smallest absolute Gasteiger partial charge is 0.259 e. The second kappa shape index (κ2) is 8.96. The van der Waals surface area contributed by atoms with Gasteiger partial charge in [0.05, 0.1) is 15.9 Å². The Bertz CT molecular complexity index is 1350. The summed E-state index contributed by atoms with van der Waals surface area (Å²) >= 11 is 0. The monoisotopic (exact) mass is 479 g/mol. The Hall–Kier alpha value is -3.04. The molecule has 1 aromatic heterocycles. The molecule has 8 nitrogen and oxygen atoms in total. The van der Waals surface area contributed by atoms with Gasteiger partial charge in [-0.2, -0.15) is 4.31 Å². The van der Waals surface area contributed by atoms with Crippen molar-refractivity contribution >= 4 is 38.6 Å². The Morgan fingerprint density at radius 1 is 0.853 bits per heavy atom. The normalized spacial score (nSPS) is 17.5. The van der Waals surface area contributed by atoms with Crippen LogP contribution in [0.5, 0.6) is 0 Å². The van der Waals surface area contributed by atoms with E-state index in [0.717, 1.165) is 37.7 Å². The molecule has 0 aliphatic carbocycles. The van der Waals surface area contributed by atoms with Crippen molar-refractivity contribution in [2.45, 2.75) is 37.5 Å². The summed E-state index contributed by atoms with van der Waals surface area (Å²) in [4.78, 5) is 27.2. The van der Waals surface area contributed by atoms with Crippen LogP contribution in [0.1, 0.15) is 41.6 Å². The Labute approximate surface area is 200 Å². The van der Waals surface area contributed by atoms with Gasteiger partial charge in [-0.05, 0) is 56.0 Å². The molecule has 1 amide bonds. The Kier molecular flexibility index (Phi) is 5.99. The molecule has 3 heterocycles. The van der Waals surface area contributed by atoms with E-state index in [9.17, 15) is 13.2 Å². The lowest BCUT2D eigenvalue weighted by Gasteiger charge is -2.27. The average molecular weight is 480 g/mol. The van der Waals surface area contributed by atoms with Crippen LogP contribution in [0.3, 0.4) is 0 Å². The maximum Gasteiger partial charge on any atom is 0.259 e. The van der Waals surface area contributed by atoms with E-state index >= 15 is 0 Å². The predicted octanol–water partition coefficient (Wildman–Crippen LogP) is 3.60. The van der Waals surface area contributed by atoms with Crippen molar-refractivity contribution in [3.8, 4) is 0 Å². The number of anilines is 2. The number of amides is 1. The van der Waals surface area contributed by atoms with Crippen LogP contribution >= 0.6 is 0 Å². The first-order chi connectivity index (χ1) is 16.4. The first-order valence-electron chi connectivity index (χ1n) is 11.8. The molecular formula is C25H29N5O3S. The number of carbonyl (C=O) groups is 1. The summed E-state index contributed by atoms with van der Waals surface area (Å²) in [7, 11) is -1.71. The highest BCUT2D eigenvalue weighted by Gasteiger charge is 2.31. The molecule has 1 fully saturated rings. The second-order valence-electron chi connectivity index (χ2n) is 9.04. The lowest BCUT2D eigenvalue weighted by atomic mass is 10.1. The summed E-state index contributed by atoms with van der Waals surface area (Å²) in [6.45, 7) is 4.04. The largest absolute Gasteiger partial charge is 0.357 e. The van der Waals surface area contributed by atoms with Crippen molar-refractivity contribution in [2.75, 3.05) is 43.0 Å². The third-order valence-electron chi connectivity index (χ3n) is 6.64. The molecule has 178 valence electrons. The average Bonchev–Trinajstić information content (AvgIpc) is 3.01. The number of rotatable bonds is 3. The van der Waals surface area contributed by atoms with Gasteiger partial charge < -0.3 is 4.90 Å². The van der Waals surface area contributed by atoms with Crippen molar-refractivity contribution in [3.05, 3.63) is 53.6 Å². The molecule has 2 aromatic carbocycles. The molecule has 0 bridgehead atoms. The number of para-hydroxylation sites is 2. The Morgan fingerprint density at radius 2 is 1.53 bits per heavy atom. The van der Waals surface area contributed by atoms with Gasteiger partial charge in [0.1, 0.15) is 0 Å². The number of sulfonamides is 1. The summed E-state index contributed by atoms with van der Waals surface area (Å²) in [6, 6.07) is 12.6. The number of fused-ring (bicyclic) bond motifs is 2. The van der Waals surface area contributed by atoms with Gasteiger partial charge in [-0.15, -0.1) is 0 Å². The zero-order valence-electron chi connectivity index (χ0n) is 19.6. The quantitative estimate of drug-likeness (QED) is 0.571. The van der Waals surface area contributed by atoms with Crippen molar-refractivity contribution in [1.29, 1.82) is 0 Å². The Morgan fingerprint density at radius 3 is 2.24 bits per heavy atom. The number of aryl methyl sites for hydroxylation is 1. The highest BCUT2D eigenvalue weighted by atomic mass is 32.2. The first-order valence-corrected chi connectivity index (χ1v) is 13.2. The van der Waals surface area contributed by atoms with Gasteiger partial charge >= 0.3 is 0 Å². The van der Waals surface area contributed by atoms with E-state index in [1.54, 1.807) is 28.3 Å². The maximum atomic E-state index is 13.8. The molecule has 9 heteroatoms. The van der Waals surface area contributed by atoms with Gasteiger partial charge in [-0.1, -0.05) is 24.6 Å². The first kappa shape index (κ1) is 22.7. The van der Waals surface area contributed by atoms with E-state index in [1.165, 1.54) is 6.07 Å². The number of hydrogen-bond donors (Lipinski definition) is 0. The van der Waals surface area contributed by atoms with E-state index < -0.39 is 10.0 Å². The molecule has 1 saturated heterocycles. The van der Waals surface area contributed by atoms with Crippen LogP contribution in [0.15, 0.2) is 47.4 Å². The van der Waals surface area contributed by atoms with E-state index in [-0.39, 0.29) is 10.8 Å². The zero-order valence-corrected chi connectivity index (χ0v) is 20.4. The van der Waals surface area contributed by atoms with Gasteiger partial charge in [-0.25, -0.2) is 18.4 Å². The SMILES string of the molecule is Cc1ccc(C(=O)N2CCCN(C)c3nc4ccccc4nc32)cc1S(=O)(=O)N1CCCCC1. The molecule has 5 rings (SSSR count). The lowest BCUT2D eigenvalue weighted by Crippen LogP contribution is -2.36. The molecule has 0 N–H and O–H groups in total. The van der Waals surface area contributed by atoms with E-state index in [4.69, 9.17) is 9.97 Å². The van der Waals surface area contributed by atoms with Crippen molar-refractivity contribution in [2.24, 2.45) is 0 Å². The van der Waals surface area contributed by atoms with Crippen LogP contribution in [-0.4, -0.2) is 61.8 Å². The number of benzene rings is 2. The fourth-order valence-corrected chi connectivity index (χ4v) is 6.47. The van der Waals surface area contributed by atoms with Crippen LogP contribution in [0, 0.1) is 6.92 Å². The minimum Gasteiger partial charge on any atom is -0.357 e. The van der Waals surface area contributed by atoms with Gasteiger partial charge in [0.2, 0.25) is 10.0 Å². The number of hydrogen-bond acceptors (Lipinski definition) is 6. The van der Waals surface area contributed by atoms with Crippen LogP contribution in [0.25, 0.3) is 11.0 Å². The summed E-state index contributed by atoms with van der Waals surface area (Å²) in [6.07, 6.45) is 3.52. The minimum atomic E-state index is -3.66. The van der Waals surface area contributed by atoms with Crippen molar-refractivity contribution < 1.29 is 13.2 Å². The lowest BCUT2D eigenvalue weighted by molar-refractivity contribution is 0.0986. The standard InChI is InChI=1S/C25H29N5O3S/c1-18-11-12-19(17-22(18)34(32,33)29-14-6-3-7-15-29)25(31)30-16-8-13-28(2)23-24(30)27-21-10-5-4-9-20(21)26-23/h4-5,9-12,17H,3,6-8,13-16H2,1-2H3. The molecule has 2 aliphatic heterocycles. The van der Waals surface area contributed by atoms with E-state index in [2.05, 4.69) is 0 Å². The second-order valence-corrected chi connectivity index (χ2v) is 10.9. The van der Waals surface area contributed by atoms with Crippen LogP contribution in [-0.2, 0) is 10.0 Å². The highest BCUT2D eigenvalue weighted by Crippen LogP contribution is 2.32. The van der Waals surface area contributed by atoms with E-state index in [1.807, 2.05) is 36.2 Å². The van der Waals surface area contributed by atoms with Gasteiger partial charge in [-0.3, -0.25) is 9.69 Å². The van der Waals surface area contributed by atoms with Crippen LogP contribution < -0.4 is 9.80 Å². The number of aromatic nitrogens is 2. The summed E-state index contributed by atoms with van der Waals surface area (Å²) in [5.41, 5.74) is 2.47. The summed E-state index contributed by atoms with van der Waals surface area (Å²) < 4.78 is 28.3. The number of nitrogens with zero attached hydrogens (tertiary/aromatic N) is 5. The summed E-state index contributed by atoms with van der Waals surface area (Å²) in [5.74, 6) is 0.888. The summed E-state index contributed by atoms with van der Waals surface area (Å²) in [5, 5.41) is 0. The third-order valence-corrected chi connectivity index (χ3v) is 8.68.